The van der Waals surface area contributed by atoms with Crippen LogP contribution < -0.4 is 5.32 Å². The smallest absolute Gasteiger partial charge is 0.339 e. The Morgan fingerprint density at radius 2 is 2.38 bits per heavy atom. The second-order valence-corrected chi connectivity index (χ2v) is 3.51. The molecule has 1 unspecified atom stereocenters. The molecule has 0 aromatic carbocycles. The highest BCUT2D eigenvalue weighted by Crippen LogP contribution is 2.01. The Hall–Kier alpha value is -1.46. The van der Waals surface area contributed by atoms with Gasteiger partial charge < -0.3 is 15.2 Å². The maximum absolute atomic E-state index is 11.1. The molecule has 5 heteroatoms. The zero-order valence-corrected chi connectivity index (χ0v) is 9.43. The molecule has 0 amide bonds. The molecule has 1 atom stereocenters. The normalized spacial score (nSPS) is 12.2. The first-order valence-corrected chi connectivity index (χ1v) is 5.05. The summed E-state index contributed by atoms with van der Waals surface area (Å²) < 4.78 is 4.56. The van der Waals surface area contributed by atoms with Gasteiger partial charge in [-0.3, -0.25) is 4.98 Å². The fourth-order valence-corrected chi connectivity index (χ4v) is 1.18. The van der Waals surface area contributed by atoms with Crippen LogP contribution in [0.5, 0.6) is 0 Å². The molecule has 1 rings (SSSR count). The third-order valence-electron chi connectivity index (χ3n) is 1.99. The van der Waals surface area contributed by atoms with E-state index in [0.717, 1.165) is 5.69 Å². The van der Waals surface area contributed by atoms with Crippen LogP contribution in [-0.2, 0) is 11.3 Å². The number of hydrogen-bond acceptors (Lipinski definition) is 5. The number of rotatable bonds is 5. The number of pyridine rings is 1. The Balaban J connectivity index is 2.48. The van der Waals surface area contributed by atoms with Crippen LogP contribution in [0.4, 0.5) is 0 Å². The molecule has 1 aromatic heterocycles. The summed E-state index contributed by atoms with van der Waals surface area (Å²) in [5.74, 6) is -0.393. The number of aliphatic hydroxyl groups excluding tert-OH is 1. The lowest BCUT2D eigenvalue weighted by atomic mass is 10.2. The van der Waals surface area contributed by atoms with Gasteiger partial charge >= 0.3 is 5.97 Å². The van der Waals surface area contributed by atoms with Crippen LogP contribution in [0.3, 0.4) is 0 Å². The average Bonchev–Trinajstić information content (AvgIpc) is 2.28. The van der Waals surface area contributed by atoms with Gasteiger partial charge in [-0.25, -0.2) is 4.79 Å². The van der Waals surface area contributed by atoms with E-state index in [-0.39, 0.29) is 6.10 Å². The zero-order chi connectivity index (χ0) is 12.0. The largest absolute Gasteiger partial charge is 0.465 e. The van der Waals surface area contributed by atoms with E-state index < -0.39 is 5.97 Å². The summed E-state index contributed by atoms with van der Waals surface area (Å²) >= 11 is 0. The molecule has 0 saturated carbocycles. The molecule has 0 spiro atoms. The van der Waals surface area contributed by atoms with Gasteiger partial charge in [0, 0.05) is 19.3 Å². The van der Waals surface area contributed by atoms with Crippen molar-refractivity contribution in [3.05, 3.63) is 29.6 Å². The molecule has 0 saturated heterocycles. The van der Waals surface area contributed by atoms with Gasteiger partial charge in [0.05, 0.1) is 24.5 Å². The van der Waals surface area contributed by atoms with E-state index in [4.69, 9.17) is 5.11 Å². The zero-order valence-electron chi connectivity index (χ0n) is 9.43. The van der Waals surface area contributed by atoms with Crippen molar-refractivity contribution >= 4 is 5.97 Å². The first-order valence-electron chi connectivity index (χ1n) is 5.05. The van der Waals surface area contributed by atoms with E-state index in [1.54, 1.807) is 19.1 Å². The van der Waals surface area contributed by atoms with Crippen molar-refractivity contribution in [3.63, 3.8) is 0 Å². The van der Waals surface area contributed by atoms with E-state index in [2.05, 4.69) is 15.0 Å². The maximum Gasteiger partial charge on any atom is 0.339 e. The number of nitrogens with one attached hydrogen (secondary N) is 1. The number of nitrogens with zero attached hydrogens (tertiary/aromatic N) is 1. The van der Waals surface area contributed by atoms with Gasteiger partial charge in [-0.05, 0) is 19.1 Å². The monoisotopic (exact) mass is 224 g/mol. The third-order valence-corrected chi connectivity index (χ3v) is 1.99. The molecule has 0 aliphatic rings. The average molecular weight is 224 g/mol. The van der Waals surface area contributed by atoms with Gasteiger partial charge in [-0.15, -0.1) is 0 Å². The van der Waals surface area contributed by atoms with Gasteiger partial charge in [0.25, 0.3) is 0 Å². The Labute approximate surface area is 94.5 Å². The second kappa shape index (κ2) is 6.19. The fraction of sp³-hybridized carbons (Fsp3) is 0.455. The minimum Gasteiger partial charge on any atom is -0.465 e. The predicted octanol–water partition coefficient (Wildman–Crippen LogP) is 0.339. The van der Waals surface area contributed by atoms with Crippen molar-refractivity contribution in [2.24, 2.45) is 0 Å². The molecule has 5 nitrogen and oxygen atoms in total. The highest BCUT2D eigenvalue weighted by molar-refractivity contribution is 5.88. The lowest BCUT2D eigenvalue weighted by molar-refractivity contribution is 0.0600. The number of ether oxygens (including phenoxy) is 1. The molecule has 1 heterocycles. The van der Waals surface area contributed by atoms with Crippen LogP contribution >= 0.6 is 0 Å². The van der Waals surface area contributed by atoms with Gasteiger partial charge in [0.1, 0.15) is 0 Å². The number of methoxy groups -OCH3 is 1. The highest BCUT2D eigenvalue weighted by Gasteiger charge is 2.05. The molecule has 88 valence electrons. The van der Waals surface area contributed by atoms with E-state index in [9.17, 15) is 4.79 Å². The first-order chi connectivity index (χ1) is 7.63. The van der Waals surface area contributed by atoms with Crippen LogP contribution in [0.15, 0.2) is 18.3 Å². The predicted molar refractivity (Wildman–Crippen MR) is 59.0 cm³/mol. The molecular weight excluding hydrogens is 208 g/mol. The van der Waals surface area contributed by atoms with Crippen molar-refractivity contribution in [3.8, 4) is 0 Å². The van der Waals surface area contributed by atoms with Crippen LogP contribution in [0.2, 0.25) is 0 Å². The number of aromatic nitrogens is 1. The van der Waals surface area contributed by atoms with Crippen molar-refractivity contribution < 1.29 is 14.6 Å². The van der Waals surface area contributed by atoms with Gasteiger partial charge in [-0.1, -0.05) is 0 Å². The van der Waals surface area contributed by atoms with E-state index in [1.165, 1.54) is 13.3 Å². The summed E-state index contributed by atoms with van der Waals surface area (Å²) in [6, 6.07) is 3.42. The molecule has 0 radical (unpaired) electrons. The number of hydrogen-bond donors (Lipinski definition) is 2. The highest BCUT2D eigenvalue weighted by atomic mass is 16.5. The number of carbonyl (C=O) groups is 1. The Bertz CT molecular complexity index is 336. The van der Waals surface area contributed by atoms with Crippen LogP contribution in [0, 0.1) is 0 Å². The van der Waals surface area contributed by atoms with Crippen LogP contribution in [0.25, 0.3) is 0 Å². The molecule has 1 aromatic rings. The molecule has 0 bridgehead atoms. The number of esters is 1. The molecule has 16 heavy (non-hydrogen) atoms. The summed E-state index contributed by atoms with van der Waals surface area (Å²) in [6.07, 6.45) is 1.10. The molecule has 0 aliphatic carbocycles. The van der Waals surface area contributed by atoms with Crippen molar-refractivity contribution in [2.45, 2.75) is 19.6 Å². The summed E-state index contributed by atoms with van der Waals surface area (Å²) in [7, 11) is 1.33. The minimum atomic E-state index is -0.393. The van der Waals surface area contributed by atoms with Crippen LogP contribution in [-0.4, -0.2) is 35.8 Å². The summed E-state index contributed by atoms with van der Waals surface area (Å²) in [6.45, 7) is 2.79. The van der Waals surface area contributed by atoms with Gasteiger partial charge in [0.15, 0.2) is 0 Å². The van der Waals surface area contributed by atoms with Gasteiger partial charge in [-0.2, -0.15) is 0 Å². The summed E-state index contributed by atoms with van der Waals surface area (Å²) in [5.41, 5.74) is 1.25. The SMILES string of the molecule is COC(=O)c1ccc(CNCC(C)O)nc1. The Kier molecular flexibility index (Phi) is 4.88. The quantitative estimate of drug-likeness (QED) is 0.706. The van der Waals surface area contributed by atoms with Crippen LogP contribution in [0.1, 0.15) is 23.0 Å². The van der Waals surface area contributed by atoms with Crippen molar-refractivity contribution in [2.75, 3.05) is 13.7 Å². The Morgan fingerprint density at radius 3 is 2.88 bits per heavy atom. The maximum atomic E-state index is 11.1. The van der Waals surface area contributed by atoms with E-state index in [1.807, 2.05) is 0 Å². The molecule has 2 N–H and O–H groups in total. The molecule has 0 fully saturated rings. The topological polar surface area (TPSA) is 71.5 Å². The molecular formula is C11H16N2O3. The molecule has 0 aliphatic heterocycles. The number of carbonyl (C=O) groups excluding carboxylic acids is 1. The minimum absolute atomic E-state index is 0.380. The lowest BCUT2D eigenvalue weighted by Crippen LogP contribution is -2.24. The Morgan fingerprint density at radius 1 is 1.62 bits per heavy atom. The van der Waals surface area contributed by atoms with Crippen molar-refractivity contribution in [1.82, 2.24) is 10.3 Å². The summed E-state index contributed by atoms with van der Waals surface area (Å²) in [5, 5.41) is 12.1. The lowest BCUT2D eigenvalue weighted by Gasteiger charge is -2.06. The van der Waals surface area contributed by atoms with E-state index >= 15 is 0 Å². The third kappa shape index (κ3) is 3.96. The van der Waals surface area contributed by atoms with Gasteiger partial charge in [0.2, 0.25) is 0 Å². The first kappa shape index (κ1) is 12.6. The summed E-state index contributed by atoms with van der Waals surface area (Å²) in [4.78, 5) is 15.2. The number of aliphatic hydroxyl groups is 1. The van der Waals surface area contributed by atoms with Crippen molar-refractivity contribution in [1.29, 1.82) is 0 Å². The standard InChI is InChI=1S/C11H16N2O3/c1-8(14)5-12-7-10-4-3-9(6-13-10)11(15)16-2/h3-4,6,8,12,14H,5,7H2,1-2H3. The fourth-order valence-electron chi connectivity index (χ4n) is 1.18. The second-order valence-electron chi connectivity index (χ2n) is 3.51. The van der Waals surface area contributed by atoms with E-state index in [0.29, 0.717) is 18.7 Å².